The van der Waals surface area contributed by atoms with E-state index in [0.29, 0.717) is 11.9 Å². The Labute approximate surface area is 199 Å². The molecule has 0 radical (unpaired) electrons. The molecule has 1 aliphatic heterocycles. The number of carbonyl (C=O) groups is 1. The number of hydrogen-bond acceptors (Lipinski definition) is 7. The fourth-order valence-corrected chi connectivity index (χ4v) is 4.87. The second-order valence-corrected chi connectivity index (χ2v) is 10.0. The number of halogens is 1. The van der Waals surface area contributed by atoms with Crippen molar-refractivity contribution in [1.82, 2.24) is 4.57 Å². The number of ether oxygens (including phenoxy) is 1. The first-order chi connectivity index (χ1) is 16.5. The number of aryl methyl sites for hydroxylation is 1. The summed E-state index contributed by atoms with van der Waals surface area (Å²) < 4.78 is 50.2. The molecule has 1 aliphatic rings. The van der Waals surface area contributed by atoms with Gasteiger partial charge in [0.05, 0.1) is 11.2 Å². The zero-order chi connectivity index (χ0) is 25.5. The summed E-state index contributed by atoms with van der Waals surface area (Å²) in [6, 6.07) is 7.59. The van der Waals surface area contributed by atoms with Gasteiger partial charge in [0, 0.05) is 18.0 Å². The lowest BCUT2D eigenvalue weighted by Crippen LogP contribution is -2.33. The zero-order valence-corrected chi connectivity index (χ0v) is 19.7. The number of aromatic nitrogens is 1. The molecule has 0 atom stereocenters. The Hall–Kier alpha value is -3.93. The van der Waals surface area contributed by atoms with E-state index in [1.165, 1.54) is 28.8 Å². The van der Waals surface area contributed by atoms with Crippen LogP contribution in [-0.2, 0) is 21.4 Å². The van der Waals surface area contributed by atoms with Gasteiger partial charge < -0.3 is 25.5 Å². The summed E-state index contributed by atoms with van der Waals surface area (Å²) in [5, 5.41) is 13.8. The molecule has 0 saturated heterocycles. The Balaban J connectivity index is 1.87. The van der Waals surface area contributed by atoms with Crippen LogP contribution in [0.1, 0.15) is 25.8 Å². The Bertz CT molecular complexity index is 1550. The number of nitrogens with zero attached hydrogens (tertiary/aromatic N) is 2. The van der Waals surface area contributed by atoms with Gasteiger partial charge in [-0.15, -0.1) is 4.40 Å². The lowest BCUT2D eigenvalue weighted by molar-refractivity contribution is -0.119. The molecule has 4 rings (SSSR count). The largest absolute Gasteiger partial charge is 0.506 e. The highest BCUT2D eigenvalue weighted by atomic mass is 32.2. The predicted molar refractivity (Wildman–Crippen MR) is 128 cm³/mol. The summed E-state index contributed by atoms with van der Waals surface area (Å²) in [5.74, 6) is -2.02. The molecular weight excluding hydrogens is 479 g/mol. The number of anilines is 1. The average molecular weight is 503 g/mol. The second-order valence-electron chi connectivity index (χ2n) is 8.48. The molecule has 4 N–H and O–H groups in total. The maximum absolute atomic E-state index is 14.0. The van der Waals surface area contributed by atoms with Gasteiger partial charge in [0.1, 0.15) is 27.8 Å². The van der Waals surface area contributed by atoms with Crippen molar-refractivity contribution in [1.29, 1.82) is 0 Å². The van der Waals surface area contributed by atoms with Crippen molar-refractivity contribution in [2.24, 2.45) is 16.0 Å². The molecule has 0 spiro atoms. The van der Waals surface area contributed by atoms with Gasteiger partial charge in [-0.1, -0.05) is 13.8 Å². The van der Waals surface area contributed by atoms with Gasteiger partial charge in [-0.05, 0) is 42.7 Å². The van der Waals surface area contributed by atoms with Crippen LogP contribution in [0.4, 0.5) is 10.1 Å². The van der Waals surface area contributed by atoms with Gasteiger partial charge in [0.25, 0.3) is 21.5 Å². The minimum Gasteiger partial charge on any atom is -0.506 e. The molecule has 2 heterocycles. The van der Waals surface area contributed by atoms with Crippen LogP contribution < -0.4 is 21.3 Å². The van der Waals surface area contributed by atoms with Crippen molar-refractivity contribution in [3.05, 3.63) is 58.1 Å². The van der Waals surface area contributed by atoms with Crippen LogP contribution in [0.3, 0.4) is 0 Å². The molecule has 2 aromatic carbocycles. The van der Waals surface area contributed by atoms with Crippen molar-refractivity contribution in [3.8, 4) is 11.5 Å². The van der Waals surface area contributed by atoms with E-state index in [0.717, 1.165) is 12.1 Å². The van der Waals surface area contributed by atoms with E-state index < -0.39 is 51.1 Å². The summed E-state index contributed by atoms with van der Waals surface area (Å²) in [7, 11) is -4.34. The highest BCUT2D eigenvalue weighted by molar-refractivity contribution is 7.90. The molecule has 12 heteroatoms. The van der Waals surface area contributed by atoms with Crippen LogP contribution in [0.25, 0.3) is 10.9 Å². The highest BCUT2D eigenvalue weighted by Gasteiger charge is 2.30. The van der Waals surface area contributed by atoms with Crippen LogP contribution in [0.2, 0.25) is 0 Å². The van der Waals surface area contributed by atoms with Gasteiger partial charge in [-0.3, -0.25) is 9.59 Å². The number of hydrogen-bond donors (Lipinski definition) is 3. The minimum atomic E-state index is -4.34. The number of benzene rings is 2. The lowest BCUT2D eigenvalue weighted by atomic mass is 10.1. The van der Waals surface area contributed by atoms with Crippen molar-refractivity contribution in [2.75, 3.05) is 11.9 Å². The predicted octanol–water partition coefficient (Wildman–Crippen LogP) is 2.32. The molecule has 1 aromatic heterocycles. The van der Waals surface area contributed by atoms with Crippen LogP contribution in [-0.4, -0.2) is 36.4 Å². The third-order valence-electron chi connectivity index (χ3n) is 5.44. The van der Waals surface area contributed by atoms with E-state index in [4.69, 9.17) is 10.5 Å². The number of amides is 1. The Morgan fingerprint density at radius 3 is 2.69 bits per heavy atom. The smallest absolute Gasteiger partial charge is 0.286 e. The number of carbonyl (C=O) groups excluding carboxylic acids is 1. The van der Waals surface area contributed by atoms with Crippen LogP contribution in [0.5, 0.6) is 11.5 Å². The number of fused-ring (bicyclic) bond motifs is 2. The quantitative estimate of drug-likeness (QED) is 0.448. The Morgan fingerprint density at radius 2 is 2.00 bits per heavy atom. The number of nitrogens with two attached hydrogens (primary N) is 1. The first kappa shape index (κ1) is 24.2. The maximum atomic E-state index is 14.0. The molecule has 0 fully saturated rings. The van der Waals surface area contributed by atoms with Crippen LogP contribution >= 0.6 is 0 Å². The van der Waals surface area contributed by atoms with Crippen molar-refractivity contribution in [3.63, 3.8) is 0 Å². The summed E-state index contributed by atoms with van der Waals surface area (Å²) in [4.78, 5) is 24.1. The van der Waals surface area contributed by atoms with Crippen LogP contribution in [0, 0.1) is 11.7 Å². The zero-order valence-electron chi connectivity index (χ0n) is 18.9. The molecular formula is C23H23FN4O6S. The Morgan fingerprint density at radius 1 is 1.26 bits per heavy atom. The molecule has 10 nitrogen and oxygen atoms in total. The number of amidine groups is 1. The molecule has 0 unspecified atom stereocenters. The monoisotopic (exact) mass is 502 g/mol. The normalized spacial score (nSPS) is 14.3. The van der Waals surface area contributed by atoms with E-state index in [1.807, 2.05) is 13.8 Å². The molecule has 0 aliphatic carbocycles. The van der Waals surface area contributed by atoms with Crippen molar-refractivity contribution in [2.45, 2.75) is 31.7 Å². The summed E-state index contributed by atoms with van der Waals surface area (Å²) in [6.45, 7) is 3.78. The van der Waals surface area contributed by atoms with Gasteiger partial charge in [0.2, 0.25) is 0 Å². The van der Waals surface area contributed by atoms with Gasteiger partial charge >= 0.3 is 0 Å². The average Bonchev–Trinajstić information content (AvgIpc) is 2.77. The molecule has 3 aromatic rings. The fraction of sp³-hybridized carbons (Fsp3) is 0.261. The molecule has 184 valence electrons. The molecule has 35 heavy (non-hydrogen) atoms. The van der Waals surface area contributed by atoms with Gasteiger partial charge in [-0.25, -0.2) is 4.39 Å². The standard InChI is InChI=1S/C23H23FN4O6S/c1-12(2)7-8-28-17-6-3-13(24)9-15(17)21(30)20(23(28)31)22-26-16-5-4-14(34-11-19(25)29)10-18(16)35(32,33)27-22/h3-6,9-10,12,30H,7-8,11H2,1-2H3,(H2,25,29)(H,26,27). The van der Waals surface area contributed by atoms with E-state index >= 15 is 0 Å². The van der Waals surface area contributed by atoms with Gasteiger partial charge in [-0.2, -0.15) is 8.42 Å². The topological polar surface area (TPSA) is 153 Å². The van der Waals surface area contributed by atoms with Gasteiger partial charge in [0.15, 0.2) is 12.4 Å². The van der Waals surface area contributed by atoms with E-state index in [-0.39, 0.29) is 34.2 Å². The lowest BCUT2D eigenvalue weighted by Gasteiger charge is -2.21. The summed E-state index contributed by atoms with van der Waals surface area (Å²) in [5.41, 5.74) is 4.37. The summed E-state index contributed by atoms with van der Waals surface area (Å²) in [6.07, 6.45) is 0.617. The first-order valence-electron chi connectivity index (χ1n) is 10.7. The third kappa shape index (κ3) is 4.69. The summed E-state index contributed by atoms with van der Waals surface area (Å²) >= 11 is 0. The van der Waals surface area contributed by atoms with E-state index in [2.05, 4.69) is 9.71 Å². The first-order valence-corrected chi connectivity index (χ1v) is 12.1. The number of primary amides is 1. The molecule has 1 amide bonds. The molecule has 0 saturated carbocycles. The van der Waals surface area contributed by atoms with E-state index in [1.54, 1.807) is 0 Å². The van der Waals surface area contributed by atoms with Crippen molar-refractivity contribution < 1.29 is 27.4 Å². The molecule has 0 bridgehead atoms. The number of rotatable bonds is 7. The SMILES string of the molecule is CC(C)CCn1c(=O)c(C2=NS(=O)(=O)c3cc(OCC(N)=O)ccc3N2)c(O)c2cc(F)ccc21. The number of nitrogens with one attached hydrogen (secondary N) is 1. The number of sulfonamides is 1. The highest BCUT2D eigenvalue weighted by Crippen LogP contribution is 2.34. The maximum Gasteiger partial charge on any atom is 0.286 e. The van der Waals surface area contributed by atoms with Crippen LogP contribution in [0.15, 0.2) is 50.5 Å². The second kappa shape index (κ2) is 9.02. The fourth-order valence-electron chi connectivity index (χ4n) is 3.73. The van der Waals surface area contributed by atoms with Crippen molar-refractivity contribution >= 4 is 38.4 Å². The Kier molecular flexibility index (Phi) is 6.24. The number of pyridine rings is 1. The minimum absolute atomic E-state index is 0.0475. The third-order valence-corrected chi connectivity index (χ3v) is 6.76. The van der Waals surface area contributed by atoms with E-state index in [9.17, 15) is 27.5 Å². The number of aromatic hydroxyl groups is 1.